The molecular formula is C10H16N2O5. The van der Waals surface area contributed by atoms with E-state index < -0.39 is 17.9 Å². The smallest absolute Gasteiger partial charge is 0.308 e. The number of aliphatic carboxylic acids is 1. The van der Waals surface area contributed by atoms with E-state index in [-0.39, 0.29) is 17.0 Å². The lowest BCUT2D eigenvalue weighted by Gasteiger charge is -2.20. The van der Waals surface area contributed by atoms with E-state index in [1.807, 2.05) is 0 Å². The predicted molar refractivity (Wildman–Crippen MR) is 60.2 cm³/mol. The third-order valence-electron chi connectivity index (χ3n) is 2.43. The fraction of sp³-hybridized carbons (Fsp3) is 0.300. The van der Waals surface area contributed by atoms with Crippen LogP contribution in [0.15, 0.2) is 18.2 Å². The second kappa shape index (κ2) is 6.04. The molecule has 2 unspecified atom stereocenters. The second-order valence-electron chi connectivity index (χ2n) is 3.52. The minimum absolute atomic E-state index is 0. The van der Waals surface area contributed by atoms with E-state index in [9.17, 15) is 9.90 Å². The summed E-state index contributed by atoms with van der Waals surface area (Å²) in [4.78, 5) is 10.8. The Hall–Kier alpha value is -1.83. The van der Waals surface area contributed by atoms with Crippen LogP contribution in [-0.2, 0) is 4.79 Å². The zero-order chi connectivity index (χ0) is 12.3. The molecule has 0 aliphatic heterocycles. The van der Waals surface area contributed by atoms with Crippen molar-refractivity contribution in [1.29, 1.82) is 0 Å². The van der Waals surface area contributed by atoms with Crippen LogP contribution in [0.1, 0.15) is 18.5 Å². The number of carboxylic acids is 1. The number of hydrogen-bond donors (Lipinski definition) is 5. The summed E-state index contributed by atoms with van der Waals surface area (Å²) in [7, 11) is 0. The van der Waals surface area contributed by atoms with E-state index in [2.05, 4.69) is 5.43 Å². The van der Waals surface area contributed by atoms with Crippen LogP contribution in [0.25, 0.3) is 0 Å². The summed E-state index contributed by atoms with van der Waals surface area (Å²) in [6.07, 6.45) is 0. The molecule has 7 heteroatoms. The van der Waals surface area contributed by atoms with E-state index in [0.717, 1.165) is 0 Å². The first-order valence-electron chi connectivity index (χ1n) is 4.68. The summed E-state index contributed by atoms with van der Waals surface area (Å²) in [5, 5.41) is 27.3. The number of rotatable bonds is 4. The van der Waals surface area contributed by atoms with E-state index in [1.54, 1.807) is 0 Å². The van der Waals surface area contributed by atoms with E-state index in [4.69, 9.17) is 16.1 Å². The van der Waals surface area contributed by atoms with Crippen molar-refractivity contribution in [2.24, 2.45) is 11.8 Å². The Bertz CT molecular complexity index is 396. The molecule has 17 heavy (non-hydrogen) atoms. The van der Waals surface area contributed by atoms with Crippen LogP contribution in [0.5, 0.6) is 11.5 Å². The van der Waals surface area contributed by atoms with Gasteiger partial charge in [-0.3, -0.25) is 16.1 Å². The second-order valence-corrected chi connectivity index (χ2v) is 3.52. The number of nitrogens with two attached hydrogens (primary N) is 1. The summed E-state index contributed by atoms with van der Waals surface area (Å²) in [6.45, 7) is 1.50. The van der Waals surface area contributed by atoms with Crippen LogP contribution in [-0.4, -0.2) is 26.8 Å². The molecule has 2 atom stereocenters. The highest BCUT2D eigenvalue weighted by atomic mass is 16.4. The lowest BCUT2D eigenvalue weighted by Crippen LogP contribution is -2.35. The van der Waals surface area contributed by atoms with Gasteiger partial charge in [-0.25, -0.2) is 0 Å². The standard InChI is InChI=1S/C10H14N2O4.H2O/c1-5(10(15)16)9(12-11)6-2-3-7(13)8(14)4-6;/h2-5,9,12-14H,11H2,1H3,(H,15,16);1H2. The number of carboxylic acid groups (broad SMARTS) is 1. The minimum Gasteiger partial charge on any atom is -0.504 e. The molecule has 96 valence electrons. The average molecular weight is 244 g/mol. The number of nitrogens with one attached hydrogen (secondary N) is 1. The number of hydrazine groups is 1. The Labute approximate surface area is 97.8 Å². The molecule has 8 N–H and O–H groups in total. The molecule has 0 heterocycles. The first-order valence-corrected chi connectivity index (χ1v) is 4.68. The molecule has 1 aromatic rings. The number of phenolic OH excluding ortho intramolecular Hbond substituents is 2. The van der Waals surface area contributed by atoms with Crippen molar-refractivity contribution < 1.29 is 25.6 Å². The van der Waals surface area contributed by atoms with E-state index >= 15 is 0 Å². The van der Waals surface area contributed by atoms with Crippen molar-refractivity contribution in [3.63, 3.8) is 0 Å². The molecule has 1 rings (SSSR count). The average Bonchev–Trinajstić information content (AvgIpc) is 2.24. The number of carbonyl (C=O) groups is 1. The Morgan fingerprint density at radius 2 is 1.94 bits per heavy atom. The van der Waals surface area contributed by atoms with Gasteiger partial charge in [-0.15, -0.1) is 0 Å². The summed E-state index contributed by atoms with van der Waals surface area (Å²) in [5.74, 6) is 2.94. The predicted octanol–water partition coefficient (Wildman–Crippen LogP) is -0.502. The van der Waals surface area contributed by atoms with Crippen molar-refractivity contribution in [3.8, 4) is 11.5 Å². The van der Waals surface area contributed by atoms with Crippen molar-refractivity contribution in [1.82, 2.24) is 5.43 Å². The van der Waals surface area contributed by atoms with Crippen LogP contribution in [0, 0.1) is 5.92 Å². The van der Waals surface area contributed by atoms with Gasteiger partial charge in [0.2, 0.25) is 0 Å². The highest BCUT2D eigenvalue weighted by molar-refractivity contribution is 5.70. The number of phenols is 2. The van der Waals surface area contributed by atoms with Crippen molar-refractivity contribution in [2.45, 2.75) is 13.0 Å². The molecule has 0 aromatic heterocycles. The molecule has 0 aliphatic carbocycles. The monoisotopic (exact) mass is 244 g/mol. The molecule has 0 saturated carbocycles. The maximum Gasteiger partial charge on any atom is 0.308 e. The maximum absolute atomic E-state index is 10.8. The summed E-state index contributed by atoms with van der Waals surface area (Å²) < 4.78 is 0. The van der Waals surface area contributed by atoms with Crippen LogP contribution >= 0.6 is 0 Å². The van der Waals surface area contributed by atoms with Crippen LogP contribution in [0.4, 0.5) is 0 Å². The van der Waals surface area contributed by atoms with Gasteiger partial charge in [0, 0.05) is 0 Å². The SMILES string of the molecule is CC(C(=O)O)C(NN)c1ccc(O)c(O)c1.O. The van der Waals surface area contributed by atoms with Gasteiger partial charge >= 0.3 is 5.97 Å². The zero-order valence-electron chi connectivity index (χ0n) is 9.21. The lowest BCUT2D eigenvalue weighted by atomic mass is 9.95. The molecule has 0 amide bonds. The number of hydrogen-bond acceptors (Lipinski definition) is 5. The minimum atomic E-state index is -1.00. The largest absolute Gasteiger partial charge is 0.504 e. The highest BCUT2D eigenvalue weighted by Crippen LogP contribution is 2.30. The summed E-state index contributed by atoms with van der Waals surface area (Å²) in [6, 6.07) is 3.42. The molecular weight excluding hydrogens is 228 g/mol. The fourth-order valence-corrected chi connectivity index (χ4v) is 1.41. The van der Waals surface area contributed by atoms with Crippen LogP contribution < -0.4 is 11.3 Å². The fourth-order valence-electron chi connectivity index (χ4n) is 1.41. The summed E-state index contributed by atoms with van der Waals surface area (Å²) in [5.41, 5.74) is 2.87. The van der Waals surface area contributed by atoms with Crippen molar-refractivity contribution in [2.75, 3.05) is 0 Å². The molecule has 7 nitrogen and oxygen atoms in total. The molecule has 0 bridgehead atoms. The Balaban J connectivity index is 0.00000256. The third-order valence-corrected chi connectivity index (χ3v) is 2.43. The van der Waals surface area contributed by atoms with Gasteiger partial charge in [0.05, 0.1) is 12.0 Å². The quantitative estimate of drug-likeness (QED) is 0.274. The normalized spacial score (nSPS) is 13.5. The Morgan fingerprint density at radius 1 is 1.35 bits per heavy atom. The summed E-state index contributed by atoms with van der Waals surface area (Å²) >= 11 is 0. The zero-order valence-corrected chi connectivity index (χ0v) is 9.21. The van der Waals surface area contributed by atoms with Gasteiger partial charge in [0.25, 0.3) is 0 Å². The van der Waals surface area contributed by atoms with Gasteiger partial charge in [-0.05, 0) is 17.7 Å². The number of benzene rings is 1. The van der Waals surface area contributed by atoms with Gasteiger partial charge < -0.3 is 20.8 Å². The lowest BCUT2D eigenvalue weighted by molar-refractivity contribution is -0.142. The molecule has 0 radical (unpaired) electrons. The molecule has 1 aromatic carbocycles. The van der Waals surface area contributed by atoms with Crippen LogP contribution in [0.2, 0.25) is 0 Å². The van der Waals surface area contributed by atoms with Gasteiger partial charge in [-0.2, -0.15) is 0 Å². The Morgan fingerprint density at radius 3 is 2.35 bits per heavy atom. The highest BCUT2D eigenvalue weighted by Gasteiger charge is 2.24. The van der Waals surface area contributed by atoms with Crippen molar-refractivity contribution >= 4 is 5.97 Å². The van der Waals surface area contributed by atoms with Gasteiger partial charge in [-0.1, -0.05) is 13.0 Å². The van der Waals surface area contributed by atoms with E-state index in [1.165, 1.54) is 25.1 Å². The van der Waals surface area contributed by atoms with Gasteiger partial charge in [0.15, 0.2) is 11.5 Å². The molecule has 0 saturated heterocycles. The van der Waals surface area contributed by atoms with E-state index in [0.29, 0.717) is 5.56 Å². The van der Waals surface area contributed by atoms with Gasteiger partial charge in [0.1, 0.15) is 0 Å². The topological polar surface area (TPSA) is 147 Å². The number of aromatic hydroxyl groups is 2. The van der Waals surface area contributed by atoms with Crippen molar-refractivity contribution in [3.05, 3.63) is 23.8 Å². The van der Waals surface area contributed by atoms with Crippen LogP contribution in [0.3, 0.4) is 0 Å². The first-order chi connectivity index (χ1) is 7.47. The Kier molecular flexibility index (Phi) is 5.39. The molecule has 0 aliphatic rings. The molecule has 0 spiro atoms. The third kappa shape index (κ3) is 3.31. The maximum atomic E-state index is 10.8. The first kappa shape index (κ1) is 15.2. The molecule has 0 fully saturated rings.